The highest BCUT2D eigenvalue weighted by atomic mass is 16.7. The van der Waals surface area contributed by atoms with Crippen LogP contribution in [0.3, 0.4) is 0 Å². The number of esters is 2. The Hall–Kier alpha value is -1.72. The van der Waals surface area contributed by atoms with E-state index in [4.69, 9.17) is 23.7 Å². The van der Waals surface area contributed by atoms with Crippen molar-refractivity contribution in [3.8, 4) is 0 Å². The number of allylic oxidation sites excluding steroid dienone is 2. The Morgan fingerprint density at radius 1 is 0.786 bits per heavy atom. The standard InChI is InChI=1S/C42H66O14/c1-37(2)25-10-13-41(6)26(39(25,4)12-11-27(37)55-33-31(48)28(45)23(44)20-53-33)9-8-21-22-18-38(3,35(50)52-7)14-16-42(22,17-15-40(21,41)5)36(51)56-34-32(49)30(47)29(46)24(19-43)54-34/h8,22-34,43-49H,9-20H2,1-7H3/t22-,23-,24+,25-,26+,27-,28-,29+,30-,31+,32+,33-,34-,38-,39-,40+,41+,42-/m0/s1. The number of carbonyl (C=O) groups excluding carboxylic acids is 2. The van der Waals surface area contributed by atoms with Gasteiger partial charge < -0.3 is 59.4 Å². The molecule has 4 saturated carbocycles. The number of rotatable bonds is 6. The molecule has 7 N–H and O–H groups in total. The highest BCUT2D eigenvalue weighted by Gasteiger charge is 2.70. The van der Waals surface area contributed by atoms with E-state index in [1.807, 2.05) is 6.92 Å². The van der Waals surface area contributed by atoms with Crippen LogP contribution >= 0.6 is 0 Å². The first-order valence-electron chi connectivity index (χ1n) is 20.8. The van der Waals surface area contributed by atoms with E-state index in [1.54, 1.807) is 0 Å². The third-order valence-corrected chi connectivity index (χ3v) is 17.3. The normalized spacial score (nSPS) is 52.6. The summed E-state index contributed by atoms with van der Waals surface area (Å²) < 4.78 is 29.0. The summed E-state index contributed by atoms with van der Waals surface area (Å²) in [5, 5.41) is 72.5. The molecule has 14 heteroatoms. The van der Waals surface area contributed by atoms with Gasteiger partial charge in [0.15, 0.2) is 6.29 Å². The number of methoxy groups -OCH3 is 1. The van der Waals surface area contributed by atoms with E-state index >= 15 is 0 Å². The second kappa shape index (κ2) is 14.5. The van der Waals surface area contributed by atoms with Crippen molar-refractivity contribution in [3.63, 3.8) is 0 Å². The predicted molar refractivity (Wildman–Crippen MR) is 198 cm³/mol. The zero-order valence-corrected chi connectivity index (χ0v) is 34.1. The third kappa shape index (κ3) is 6.09. The molecular formula is C42H66O14. The van der Waals surface area contributed by atoms with E-state index < -0.39 is 78.7 Å². The van der Waals surface area contributed by atoms with Crippen molar-refractivity contribution in [2.75, 3.05) is 20.3 Å². The van der Waals surface area contributed by atoms with Crippen LogP contribution in [-0.2, 0) is 33.3 Å². The van der Waals surface area contributed by atoms with Gasteiger partial charge in [-0.25, -0.2) is 0 Å². The van der Waals surface area contributed by atoms with Gasteiger partial charge in [-0.1, -0.05) is 46.3 Å². The van der Waals surface area contributed by atoms with Crippen LogP contribution in [0.1, 0.15) is 106 Å². The Balaban J connectivity index is 1.19. The van der Waals surface area contributed by atoms with Gasteiger partial charge in [0, 0.05) is 0 Å². The summed E-state index contributed by atoms with van der Waals surface area (Å²) in [6, 6.07) is 0. The maximum absolute atomic E-state index is 14.7. The number of aliphatic hydroxyl groups is 7. The molecular weight excluding hydrogens is 728 g/mol. The van der Waals surface area contributed by atoms with Crippen molar-refractivity contribution in [2.24, 2.45) is 50.2 Å². The fourth-order valence-corrected chi connectivity index (χ4v) is 13.5. The van der Waals surface area contributed by atoms with Crippen LogP contribution in [0.15, 0.2) is 11.6 Å². The summed E-state index contributed by atoms with van der Waals surface area (Å²) in [6.45, 7) is 12.8. The van der Waals surface area contributed by atoms with Crippen molar-refractivity contribution in [2.45, 2.75) is 167 Å². The minimum Gasteiger partial charge on any atom is -0.469 e. The molecule has 0 aromatic heterocycles. The summed E-state index contributed by atoms with van der Waals surface area (Å²) in [6.07, 6.45) is -4.05. The number of hydrogen-bond acceptors (Lipinski definition) is 14. The van der Waals surface area contributed by atoms with Crippen molar-refractivity contribution in [1.82, 2.24) is 0 Å². The highest BCUT2D eigenvalue weighted by molar-refractivity contribution is 5.81. The summed E-state index contributed by atoms with van der Waals surface area (Å²) in [5.41, 5.74) is -1.61. The lowest BCUT2D eigenvalue weighted by molar-refractivity contribution is -0.308. The van der Waals surface area contributed by atoms with Crippen LogP contribution in [0.4, 0.5) is 0 Å². The molecule has 0 radical (unpaired) electrons. The highest BCUT2D eigenvalue weighted by Crippen LogP contribution is 2.76. The topological polar surface area (TPSA) is 222 Å². The number of hydrogen-bond donors (Lipinski definition) is 7. The molecule has 0 spiro atoms. The van der Waals surface area contributed by atoms with Gasteiger partial charge in [0.1, 0.15) is 42.7 Å². The van der Waals surface area contributed by atoms with Crippen LogP contribution in [0.5, 0.6) is 0 Å². The quantitative estimate of drug-likeness (QED) is 0.116. The molecule has 0 bridgehead atoms. The predicted octanol–water partition coefficient (Wildman–Crippen LogP) is 2.11. The van der Waals surface area contributed by atoms with Gasteiger partial charge in [0.2, 0.25) is 6.29 Å². The average molecular weight is 795 g/mol. The molecule has 0 aromatic rings. The van der Waals surface area contributed by atoms with Gasteiger partial charge in [-0.2, -0.15) is 0 Å². The number of ether oxygens (including phenoxy) is 5. The first kappa shape index (κ1) is 42.4. The van der Waals surface area contributed by atoms with E-state index in [0.29, 0.717) is 38.0 Å². The molecule has 6 fully saturated rings. The molecule has 5 aliphatic carbocycles. The van der Waals surface area contributed by atoms with Gasteiger partial charge in [-0.3, -0.25) is 9.59 Å². The van der Waals surface area contributed by atoms with E-state index in [1.165, 1.54) is 7.11 Å². The van der Waals surface area contributed by atoms with Crippen molar-refractivity contribution >= 4 is 11.9 Å². The molecule has 7 aliphatic rings. The molecule has 318 valence electrons. The van der Waals surface area contributed by atoms with Gasteiger partial charge >= 0.3 is 11.9 Å². The monoisotopic (exact) mass is 794 g/mol. The molecule has 0 amide bonds. The number of aliphatic hydroxyl groups excluding tert-OH is 7. The average Bonchev–Trinajstić information content (AvgIpc) is 3.15. The SMILES string of the molecule is COC(=O)[C@@]1(C)CC[C@]2(C(=O)O[C@@H]3O[C@H](CO)[C@@H](O)[C@H](O)[C@H]3O)CC[C@]3(C)C(=CC[C@@H]4[C@@]5(C)CC[C@H](O[C@@H]6OC[C@H](O)[C@H](O)[C@H]6O)C(C)(C)[C@@H]5CC[C@]43C)[C@@H]2C1. The fourth-order valence-electron chi connectivity index (χ4n) is 13.5. The smallest absolute Gasteiger partial charge is 0.315 e. The molecule has 0 aromatic carbocycles. The van der Waals surface area contributed by atoms with E-state index in [2.05, 4.69) is 40.7 Å². The first-order valence-corrected chi connectivity index (χ1v) is 20.8. The van der Waals surface area contributed by atoms with Crippen molar-refractivity contribution < 1.29 is 69.0 Å². The fraction of sp³-hybridized carbons (Fsp3) is 0.905. The molecule has 56 heavy (non-hydrogen) atoms. The van der Waals surface area contributed by atoms with Crippen molar-refractivity contribution in [3.05, 3.63) is 11.6 Å². The lowest BCUT2D eigenvalue weighted by Crippen LogP contribution is -2.66. The van der Waals surface area contributed by atoms with Crippen LogP contribution in [0, 0.1) is 50.2 Å². The van der Waals surface area contributed by atoms with Crippen LogP contribution in [0.25, 0.3) is 0 Å². The minimum atomic E-state index is -1.72. The van der Waals surface area contributed by atoms with Crippen LogP contribution in [0.2, 0.25) is 0 Å². The molecule has 2 saturated heterocycles. The van der Waals surface area contributed by atoms with Gasteiger partial charge in [-0.05, 0) is 111 Å². The molecule has 2 aliphatic heterocycles. The summed E-state index contributed by atoms with van der Waals surface area (Å²) in [5.74, 6) is -0.724. The molecule has 14 nitrogen and oxygen atoms in total. The first-order chi connectivity index (χ1) is 26.1. The van der Waals surface area contributed by atoms with Gasteiger partial charge in [0.05, 0.1) is 37.3 Å². The van der Waals surface area contributed by atoms with Crippen molar-refractivity contribution in [1.29, 1.82) is 0 Å². The Kier molecular flexibility index (Phi) is 11.0. The minimum absolute atomic E-state index is 0.0766. The molecule has 7 rings (SSSR count). The second-order valence-corrected chi connectivity index (χ2v) is 20.1. The lowest BCUT2D eigenvalue weighted by atomic mass is 9.33. The zero-order chi connectivity index (χ0) is 41.0. The van der Waals surface area contributed by atoms with Crippen LogP contribution < -0.4 is 0 Å². The Morgan fingerprint density at radius 3 is 2.14 bits per heavy atom. The zero-order valence-electron chi connectivity index (χ0n) is 34.1. The maximum Gasteiger partial charge on any atom is 0.315 e. The van der Waals surface area contributed by atoms with Gasteiger partial charge in [0.25, 0.3) is 0 Å². The Labute approximate surface area is 329 Å². The number of carbonyl (C=O) groups is 2. The maximum atomic E-state index is 14.7. The largest absolute Gasteiger partial charge is 0.469 e. The van der Waals surface area contributed by atoms with Gasteiger partial charge in [-0.15, -0.1) is 0 Å². The van der Waals surface area contributed by atoms with E-state index in [-0.39, 0.29) is 52.2 Å². The Bertz CT molecular complexity index is 1550. The second-order valence-electron chi connectivity index (χ2n) is 20.1. The summed E-state index contributed by atoms with van der Waals surface area (Å²) in [4.78, 5) is 28.0. The molecule has 2 heterocycles. The van der Waals surface area contributed by atoms with Crippen LogP contribution in [-0.4, -0.2) is 129 Å². The lowest BCUT2D eigenvalue weighted by Gasteiger charge is -2.71. The molecule has 18 atom stereocenters. The summed E-state index contributed by atoms with van der Waals surface area (Å²) in [7, 11) is 1.39. The Morgan fingerprint density at radius 2 is 1.46 bits per heavy atom. The summed E-state index contributed by atoms with van der Waals surface area (Å²) >= 11 is 0. The third-order valence-electron chi connectivity index (χ3n) is 17.3. The van der Waals surface area contributed by atoms with E-state index in [9.17, 15) is 45.3 Å². The number of fused-ring (bicyclic) bond motifs is 7. The molecule has 0 unspecified atom stereocenters. The van der Waals surface area contributed by atoms with E-state index in [0.717, 1.165) is 37.7 Å².